The van der Waals surface area contributed by atoms with Crippen molar-refractivity contribution in [3.05, 3.63) is 88.9 Å². The predicted molar refractivity (Wildman–Crippen MR) is 171 cm³/mol. The van der Waals surface area contributed by atoms with E-state index in [0.717, 1.165) is 59.5 Å². The molecule has 3 heterocycles. The number of nitrogens with zero attached hydrogens (tertiary/aromatic N) is 3. The first-order chi connectivity index (χ1) is 20.5. The van der Waals surface area contributed by atoms with E-state index >= 15 is 0 Å². The molecule has 4 aromatic rings. The number of ether oxygens (including phenoxy) is 2. The van der Waals surface area contributed by atoms with Crippen LogP contribution < -0.4 is 9.64 Å². The Balaban J connectivity index is 1.73. The molecule has 2 aromatic carbocycles. The molecule has 222 valence electrons. The molecular weight excluding hydrogens is 522 g/mol. The molecule has 0 saturated heterocycles. The SMILES string of the molecule is CCCCCCCCn1c(C)c([C@@]2(c3ccc(N(CC)CC)cc3OCC)OC(=O)c3cccnc32)c2ccccc21. The zero-order valence-electron chi connectivity index (χ0n) is 25.9. The van der Waals surface area contributed by atoms with Gasteiger partial charge < -0.3 is 18.9 Å². The molecule has 2 aromatic heterocycles. The summed E-state index contributed by atoms with van der Waals surface area (Å²) >= 11 is 0. The standard InChI is InChI=1S/C36H45N3O3/c1-6-10-11-12-13-16-24-39-26(5)33(28-18-14-15-20-31(28)39)36(34-29(35(40)42-36)19-17-23-37-34)30-22-21-27(38(7-2)8-3)25-32(30)41-9-4/h14-15,17-23,25H,6-13,16,24H2,1-5H3/t36-/m1/s1. The summed E-state index contributed by atoms with van der Waals surface area (Å²) in [6.45, 7) is 13.9. The van der Waals surface area contributed by atoms with Gasteiger partial charge in [0.1, 0.15) is 11.4 Å². The van der Waals surface area contributed by atoms with Crippen LogP contribution in [-0.4, -0.2) is 35.2 Å². The zero-order chi connectivity index (χ0) is 29.7. The van der Waals surface area contributed by atoms with Gasteiger partial charge in [-0.3, -0.25) is 4.98 Å². The third-order valence-electron chi connectivity index (χ3n) is 8.70. The molecular formula is C36H45N3O3. The average Bonchev–Trinajstić information content (AvgIpc) is 3.46. The Morgan fingerprint density at radius 2 is 1.69 bits per heavy atom. The smallest absolute Gasteiger partial charge is 0.341 e. The van der Waals surface area contributed by atoms with Gasteiger partial charge >= 0.3 is 5.97 Å². The molecule has 42 heavy (non-hydrogen) atoms. The Kier molecular flexibility index (Phi) is 9.20. The number of benzene rings is 2. The fraction of sp³-hybridized carbons (Fsp3) is 0.444. The van der Waals surface area contributed by atoms with E-state index in [2.05, 4.69) is 79.6 Å². The second-order valence-electron chi connectivity index (χ2n) is 11.2. The van der Waals surface area contributed by atoms with Crippen molar-refractivity contribution in [3.8, 4) is 5.75 Å². The first-order valence-electron chi connectivity index (χ1n) is 15.8. The lowest BCUT2D eigenvalue weighted by atomic mass is 9.80. The summed E-state index contributed by atoms with van der Waals surface area (Å²) in [4.78, 5) is 20.7. The molecule has 0 saturated carbocycles. The minimum Gasteiger partial charge on any atom is -0.493 e. The third-order valence-corrected chi connectivity index (χ3v) is 8.70. The molecule has 0 N–H and O–H groups in total. The average molecular weight is 568 g/mol. The molecule has 0 fully saturated rings. The maximum atomic E-state index is 13.6. The molecule has 0 spiro atoms. The van der Waals surface area contributed by atoms with Crippen molar-refractivity contribution >= 4 is 22.6 Å². The van der Waals surface area contributed by atoms with E-state index in [9.17, 15) is 4.79 Å². The number of aryl methyl sites for hydroxylation is 1. The molecule has 0 bridgehead atoms. The van der Waals surface area contributed by atoms with Crippen LogP contribution in [0, 0.1) is 6.92 Å². The minimum absolute atomic E-state index is 0.361. The first kappa shape index (κ1) is 29.7. The van der Waals surface area contributed by atoms with Gasteiger partial charge in [0.05, 0.1) is 12.2 Å². The molecule has 0 amide bonds. The van der Waals surface area contributed by atoms with E-state index in [1.165, 1.54) is 32.1 Å². The van der Waals surface area contributed by atoms with Gasteiger partial charge in [0.15, 0.2) is 0 Å². The van der Waals surface area contributed by atoms with Crippen LogP contribution in [0.1, 0.15) is 99.1 Å². The van der Waals surface area contributed by atoms with Crippen LogP contribution in [0.4, 0.5) is 5.69 Å². The number of rotatable bonds is 14. The fourth-order valence-corrected chi connectivity index (χ4v) is 6.66. The highest BCUT2D eigenvalue weighted by Gasteiger charge is 2.54. The quantitative estimate of drug-likeness (QED) is 0.113. The molecule has 0 radical (unpaired) electrons. The Morgan fingerprint density at radius 3 is 2.45 bits per heavy atom. The van der Waals surface area contributed by atoms with E-state index in [1.807, 2.05) is 13.0 Å². The summed E-state index contributed by atoms with van der Waals surface area (Å²) in [5, 5.41) is 1.07. The van der Waals surface area contributed by atoms with Crippen molar-refractivity contribution < 1.29 is 14.3 Å². The molecule has 5 rings (SSSR count). The van der Waals surface area contributed by atoms with Crippen molar-refractivity contribution in [2.75, 3.05) is 24.6 Å². The summed E-state index contributed by atoms with van der Waals surface area (Å²) in [6.07, 6.45) is 9.16. The summed E-state index contributed by atoms with van der Waals surface area (Å²) in [5.41, 5.74) is 4.97. The number of hydrogen-bond acceptors (Lipinski definition) is 5. The first-order valence-corrected chi connectivity index (χ1v) is 15.8. The maximum Gasteiger partial charge on any atom is 0.341 e. The largest absolute Gasteiger partial charge is 0.493 e. The summed E-state index contributed by atoms with van der Waals surface area (Å²) in [6, 6.07) is 18.4. The number of aromatic nitrogens is 2. The van der Waals surface area contributed by atoms with Crippen molar-refractivity contribution in [1.29, 1.82) is 0 Å². The Morgan fingerprint density at radius 1 is 0.929 bits per heavy atom. The molecule has 1 atom stereocenters. The van der Waals surface area contributed by atoms with Crippen LogP contribution >= 0.6 is 0 Å². The van der Waals surface area contributed by atoms with Crippen LogP contribution in [0.5, 0.6) is 5.75 Å². The second kappa shape index (κ2) is 13.0. The number of carbonyl (C=O) groups excluding carboxylic acids is 1. The van der Waals surface area contributed by atoms with Crippen LogP contribution in [0.15, 0.2) is 60.8 Å². The normalized spacial score (nSPS) is 16.1. The number of unbranched alkanes of at least 4 members (excludes halogenated alkanes) is 5. The van der Waals surface area contributed by atoms with Crippen LogP contribution in [0.25, 0.3) is 10.9 Å². The van der Waals surface area contributed by atoms with Gasteiger partial charge in [0, 0.05) is 65.3 Å². The lowest BCUT2D eigenvalue weighted by molar-refractivity contribution is 0.0238. The summed E-state index contributed by atoms with van der Waals surface area (Å²) < 4.78 is 15.3. The molecule has 0 unspecified atom stereocenters. The van der Waals surface area contributed by atoms with Gasteiger partial charge in [-0.1, -0.05) is 57.2 Å². The van der Waals surface area contributed by atoms with Crippen LogP contribution in [0.2, 0.25) is 0 Å². The monoisotopic (exact) mass is 567 g/mol. The summed E-state index contributed by atoms with van der Waals surface area (Å²) in [7, 11) is 0. The number of esters is 1. The number of carbonyl (C=O) groups is 1. The van der Waals surface area contributed by atoms with Crippen molar-refractivity contribution in [3.63, 3.8) is 0 Å². The molecule has 1 aliphatic rings. The zero-order valence-corrected chi connectivity index (χ0v) is 25.9. The van der Waals surface area contributed by atoms with Crippen molar-refractivity contribution in [2.24, 2.45) is 0 Å². The maximum absolute atomic E-state index is 13.6. The highest BCUT2D eigenvalue weighted by molar-refractivity contribution is 5.98. The molecule has 6 heteroatoms. The van der Waals surface area contributed by atoms with Crippen LogP contribution in [0.3, 0.4) is 0 Å². The lowest BCUT2D eigenvalue weighted by Crippen LogP contribution is -2.32. The van der Waals surface area contributed by atoms with E-state index in [1.54, 1.807) is 12.3 Å². The fourth-order valence-electron chi connectivity index (χ4n) is 6.66. The van der Waals surface area contributed by atoms with Gasteiger partial charge in [-0.05, 0) is 64.4 Å². The van der Waals surface area contributed by atoms with Gasteiger partial charge in [-0.15, -0.1) is 0 Å². The number of cyclic esters (lactones) is 1. The number of pyridine rings is 1. The molecule has 1 aliphatic heterocycles. The molecule has 0 aliphatic carbocycles. The molecule has 6 nitrogen and oxygen atoms in total. The van der Waals surface area contributed by atoms with E-state index in [-0.39, 0.29) is 5.97 Å². The van der Waals surface area contributed by atoms with E-state index < -0.39 is 5.60 Å². The minimum atomic E-state index is -1.24. The number of hydrogen-bond donors (Lipinski definition) is 0. The lowest BCUT2D eigenvalue weighted by Gasteiger charge is -2.32. The van der Waals surface area contributed by atoms with Gasteiger partial charge in [0.25, 0.3) is 0 Å². The topological polar surface area (TPSA) is 56.6 Å². The number of anilines is 1. The predicted octanol–water partition coefficient (Wildman–Crippen LogP) is 8.41. The van der Waals surface area contributed by atoms with Crippen molar-refractivity contribution in [1.82, 2.24) is 9.55 Å². The third kappa shape index (κ3) is 5.16. The van der Waals surface area contributed by atoms with Gasteiger partial charge in [-0.25, -0.2) is 4.79 Å². The number of para-hydroxylation sites is 1. The Labute approximate surface area is 250 Å². The van der Waals surface area contributed by atoms with E-state index in [0.29, 0.717) is 23.6 Å². The van der Waals surface area contributed by atoms with Crippen LogP contribution in [-0.2, 0) is 16.9 Å². The number of fused-ring (bicyclic) bond motifs is 2. The van der Waals surface area contributed by atoms with Gasteiger partial charge in [-0.2, -0.15) is 0 Å². The highest BCUT2D eigenvalue weighted by Crippen LogP contribution is 2.53. The highest BCUT2D eigenvalue weighted by atomic mass is 16.6. The summed E-state index contributed by atoms with van der Waals surface area (Å²) in [5.74, 6) is 0.348. The van der Waals surface area contributed by atoms with E-state index in [4.69, 9.17) is 14.5 Å². The Hall–Kier alpha value is -3.80. The Bertz CT molecular complexity index is 1540. The second-order valence-corrected chi connectivity index (χ2v) is 11.2. The van der Waals surface area contributed by atoms with Crippen molar-refractivity contribution in [2.45, 2.75) is 85.3 Å². The van der Waals surface area contributed by atoms with Gasteiger partial charge in [0.2, 0.25) is 5.60 Å².